The van der Waals surface area contributed by atoms with Crippen molar-refractivity contribution in [3.63, 3.8) is 0 Å². The van der Waals surface area contributed by atoms with E-state index in [1.54, 1.807) is 12.1 Å². The van der Waals surface area contributed by atoms with E-state index in [0.717, 1.165) is 11.1 Å². The molecule has 3 heterocycles. The number of rotatable bonds is 4. The fourth-order valence-corrected chi connectivity index (χ4v) is 3.78. The summed E-state index contributed by atoms with van der Waals surface area (Å²) in [5.74, 6) is 1.12. The molecule has 2 aliphatic heterocycles. The number of aliphatic hydroxyl groups is 1. The molecule has 1 aromatic carbocycles. The zero-order chi connectivity index (χ0) is 20.1. The molecule has 2 aliphatic rings. The number of amides is 2. The molecule has 148 valence electrons. The summed E-state index contributed by atoms with van der Waals surface area (Å²) >= 11 is 0. The van der Waals surface area contributed by atoms with Crippen molar-refractivity contribution in [2.45, 2.75) is 58.1 Å². The van der Waals surface area contributed by atoms with Gasteiger partial charge in [-0.15, -0.1) is 0 Å². The van der Waals surface area contributed by atoms with Crippen molar-refractivity contribution in [1.29, 1.82) is 0 Å². The lowest BCUT2D eigenvalue weighted by molar-refractivity contribution is -0.00876. The topological polar surface area (TPSA) is 83.9 Å². The summed E-state index contributed by atoms with van der Waals surface area (Å²) in [6.45, 7) is 8.33. The van der Waals surface area contributed by atoms with Crippen molar-refractivity contribution in [2.75, 3.05) is 4.90 Å². The van der Waals surface area contributed by atoms with Crippen LogP contribution in [-0.2, 0) is 16.9 Å². The minimum absolute atomic E-state index is 0.341. The number of hydrogen-bond donors (Lipinski definition) is 2. The number of nitrogens with one attached hydrogen (secondary N) is 1. The first-order chi connectivity index (χ1) is 13.2. The van der Waals surface area contributed by atoms with Crippen LogP contribution in [0.4, 0.5) is 10.5 Å². The van der Waals surface area contributed by atoms with Gasteiger partial charge in [-0.3, -0.25) is 4.90 Å². The molecule has 0 bridgehead atoms. The van der Waals surface area contributed by atoms with Gasteiger partial charge in [-0.25, -0.2) is 9.78 Å². The molecule has 4 rings (SSSR count). The van der Waals surface area contributed by atoms with Crippen LogP contribution in [0.1, 0.15) is 45.2 Å². The van der Waals surface area contributed by atoms with E-state index in [4.69, 9.17) is 9.47 Å². The third-order valence-corrected chi connectivity index (χ3v) is 5.68. The average molecular weight is 383 g/mol. The zero-order valence-electron chi connectivity index (χ0n) is 16.5. The number of carbonyl (C=O) groups is 1. The predicted octanol–water partition coefficient (Wildman–Crippen LogP) is 3.66. The van der Waals surface area contributed by atoms with E-state index in [1.165, 1.54) is 11.1 Å². The molecule has 7 heteroatoms. The van der Waals surface area contributed by atoms with Crippen molar-refractivity contribution in [2.24, 2.45) is 0 Å². The van der Waals surface area contributed by atoms with E-state index in [0.29, 0.717) is 30.3 Å². The van der Waals surface area contributed by atoms with Gasteiger partial charge in [0.2, 0.25) is 5.88 Å². The van der Waals surface area contributed by atoms with Crippen LogP contribution in [-0.4, -0.2) is 27.9 Å². The second kappa shape index (κ2) is 6.46. The lowest BCUT2D eigenvalue weighted by atomic mass is 9.95. The van der Waals surface area contributed by atoms with Crippen molar-refractivity contribution >= 4 is 11.7 Å². The molecule has 2 amide bonds. The van der Waals surface area contributed by atoms with Gasteiger partial charge < -0.3 is 19.9 Å². The maximum absolute atomic E-state index is 12.3. The number of aromatic nitrogens is 1. The number of nitrogens with zero attached hydrogens (tertiary/aromatic N) is 2. The van der Waals surface area contributed by atoms with Gasteiger partial charge in [0.05, 0.1) is 29.6 Å². The predicted molar refractivity (Wildman–Crippen MR) is 104 cm³/mol. The molecule has 0 saturated carbocycles. The highest BCUT2D eigenvalue weighted by molar-refractivity contribution is 5.95. The highest BCUT2D eigenvalue weighted by Gasteiger charge is 2.47. The van der Waals surface area contributed by atoms with Crippen LogP contribution in [0.3, 0.4) is 0 Å². The highest BCUT2D eigenvalue weighted by Crippen LogP contribution is 2.43. The summed E-state index contributed by atoms with van der Waals surface area (Å²) in [5, 5.41) is 13.4. The standard InChI is InChI=1S/C21H25N3O4/c1-5-21(4)18(25)24(19(26)23-21)14-9-10-16(22-11-14)28-15-8-6-7-13-12-27-20(2,3)17(13)15/h6-11,18,25H,5,12H2,1-4H3,(H,23,26)/t18?,21-/m1/s1. The van der Waals surface area contributed by atoms with Crippen LogP contribution in [0.2, 0.25) is 0 Å². The van der Waals surface area contributed by atoms with Gasteiger partial charge in [0.1, 0.15) is 5.75 Å². The first-order valence-electron chi connectivity index (χ1n) is 9.45. The van der Waals surface area contributed by atoms with Gasteiger partial charge in [0, 0.05) is 11.6 Å². The number of urea groups is 1. The number of carbonyl (C=O) groups excluding carboxylic acids is 1. The normalized spacial score (nSPS) is 25.5. The van der Waals surface area contributed by atoms with E-state index >= 15 is 0 Å². The second-order valence-electron chi connectivity index (χ2n) is 7.99. The van der Waals surface area contributed by atoms with Gasteiger partial charge in [-0.2, -0.15) is 0 Å². The number of ether oxygens (including phenoxy) is 2. The van der Waals surface area contributed by atoms with Gasteiger partial charge in [-0.1, -0.05) is 19.1 Å². The van der Waals surface area contributed by atoms with Crippen molar-refractivity contribution in [3.8, 4) is 11.6 Å². The van der Waals surface area contributed by atoms with Crippen LogP contribution in [0, 0.1) is 0 Å². The lowest BCUT2D eigenvalue weighted by Crippen LogP contribution is -2.46. The number of hydrogen-bond acceptors (Lipinski definition) is 5. The Kier molecular flexibility index (Phi) is 4.32. The first-order valence-corrected chi connectivity index (χ1v) is 9.45. The maximum Gasteiger partial charge on any atom is 0.324 e. The summed E-state index contributed by atoms with van der Waals surface area (Å²) in [6.07, 6.45) is 1.18. The summed E-state index contributed by atoms with van der Waals surface area (Å²) in [6, 6.07) is 8.94. The summed E-state index contributed by atoms with van der Waals surface area (Å²) < 4.78 is 11.9. The Bertz CT molecular complexity index is 912. The van der Waals surface area contributed by atoms with E-state index < -0.39 is 17.4 Å². The number of benzene rings is 1. The molecular formula is C21H25N3O4. The van der Waals surface area contributed by atoms with Gasteiger partial charge in [0.25, 0.3) is 0 Å². The molecule has 0 spiro atoms. The van der Waals surface area contributed by atoms with Crippen molar-refractivity contribution in [1.82, 2.24) is 10.3 Å². The van der Waals surface area contributed by atoms with Crippen LogP contribution < -0.4 is 15.0 Å². The van der Waals surface area contributed by atoms with Gasteiger partial charge in [-0.05, 0) is 44.9 Å². The Morgan fingerprint density at radius 1 is 1.32 bits per heavy atom. The van der Waals surface area contributed by atoms with Crippen molar-refractivity contribution < 1.29 is 19.4 Å². The average Bonchev–Trinajstić information content (AvgIpc) is 3.10. The Hall–Kier alpha value is -2.64. The molecule has 0 aliphatic carbocycles. The Morgan fingerprint density at radius 3 is 2.75 bits per heavy atom. The van der Waals surface area contributed by atoms with Gasteiger partial charge in [0.15, 0.2) is 6.23 Å². The smallest absolute Gasteiger partial charge is 0.324 e. The highest BCUT2D eigenvalue weighted by atomic mass is 16.5. The maximum atomic E-state index is 12.3. The molecular weight excluding hydrogens is 358 g/mol. The molecule has 0 radical (unpaired) electrons. The minimum atomic E-state index is -0.964. The first kappa shape index (κ1) is 18.7. The quantitative estimate of drug-likeness (QED) is 0.842. The fourth-order valence-electron chi connectivity index (χ4n) is 3.78. The largest absolute Gasteiger partial charge is 0.439 e. The minimum Gasteiger partial charge on any atom is -0.439 e. The van der Waals surface area contributed by atoms with Gasteiger partial charge >= 0.3 is 6.03 Å². The van der Waals surface area contributed by atoms with E-state index in [2.05, 4.69) is 10.3 Å². The third kappa shape index (κ3) is 2.91. The Balaban J connectivity index is 1.58. The van der Waals surface area contributed by atoms with E-state index in [-0.39, 0.29) is 6.03 Å². The molecule has 7 nitrogen and oxygen atoms in total. The SMILES string of the molecule is CC[C@@]1(C)NC(=O)N(c2ccc(Oc3cccc4c3C(C)(C)OC4)nc2)C1O. The van der Waals surface area contributed by atoms with E-state index in [1.807, 2.05) is 45.9 Å². The van der Waals surface area contributed by atoms with E-state index in [9.17, 15) is 9.90 Å². The Morgan fingerprint density at radius 2 is 2.11 bits per heavy atom. The van der Waals surface area contributed by atoms with Crippen LogP contribution >= 0.6 is 0 Å². The molecule has 1 aromatic heterocycles. The molecule has 1 unspecified atom stereocenters. The number of aliphatic hydroxyl groups excluding tert-OH is 1. The Labute approximate surface area is 164 Å². The number of anilines is 1. The number of fused-ring (bicyclic) bond motifs is 1. The van der Waals surface area contributed by atoms with Crippen LogP contribution in [0.15, 0.2) is 36.5 Å². The van der Waals surface area contributed by atoms with Crippen LogP contribution in [0.5, 0.6) is 11.6 Å². The lowest BCUT2D eigenvalue weighted by Gasteiger charge is -2.28. The second-order valence-corrected chi connectivity index (χ2v) is 7.99. The molecule has 2 atom stereocenters. The monoisotopic (exact) mass is 383 g/mol. The molecule has 1 saturated heterocycles. The van der Waals surface area contributed by atoms with Crippen LogP contribution in [0.25, 0.3) is 0 Å². The molecule has 1 fully saturated rings. The molecule has 2 aromatic rings. The zero-order valence-corrected chi connectivity index (χ0v) is 16.5. The summed E-state index contributed by atoms with van der Waals surface area (Å²) in [7, 11) is 0. The molecule has 2 N–H and O–H groups in total. The van der Waals surface area contributed by atoms with Crippen molar-refractivity contribution in [3.05, 3.63) is 47.7 Å². The summed E-state index contributed by atoms with van der Waals surface area (Å²) in [4.78, 5) is 18.0. The fraction of sp³-hybridized carbons (Fsp3) is 0.429. The summed E-state index contributed by atoms with van der Waals surface area (Å²) in [5.41, 5.74) is 1.52. The molecule has 28 heavy (non-hydrogen) atoms. The third-order valence-electron chi connectivity index (χ3n) is 5.68. The number of pyridine rings is 1.